The van der Waals surface area contributed by atoms with Crippen LogP contribution in [0.1, 0.15) is 54.4 Å². The molecule has 0 aliphatic heterocycles. The Kier molecular flexibility index (Phi) is 6.06. The monoisotopic (exact) mass is 275 g/mol. The van der Waals surface area contributed by atoms with Gasteiger partial charge in [-0.3, -0.25) is 0 Å². The van der Waals surface area contributed by atoms with E-state index in [0.29, 0.717) is 6.10 Å². The van der Waals surface area contributed by atoms with Gasteiger partial charge in [0.1, 0.15) is 0 Å². The molecule has 1 fully saturated rings. The third-order valence-electron chi connectivity index (χ3n) is 4.45. The Morgan fingerprint density at radius 2 is 1.70 bits per heavy atom. The minimum Gasteiger partial charge on any atom is -0.377 e. The Bertz CT molecular complexity index is 422. The van der Waals surface area contributed by atoms with Gasteiger partial charge in [0.05, 0.1) is 12.7 Å². The smallest absolute Gasteiger partial charge is 0.0594 e. The van der Waals surface area contributed by atoms with Gasteiger partial charge in [-0.05, 0) is 55.9 Å². The zero-order valence-corrected chi connectivity index (χ0v) is 13.3. The highest BCUT2D eigenvalue weighted by atomic mass is 16.5. The molecule has 1 aromatic carbocycles. The zero-order valence-electron chi connectivity index (χ0n) is 13.3. The third kappa shape index (κ3) is 4.60. The molecule has 112 valence electrons. The standard InChI is InChI=1S/C18H29NO/c1-14-11-16(3)17(12-15(14)2)13-19-9-10-20-18-7-5-4-6-8-18/h11-12,18-19H,4-10,13H2,1-3H3. The maximum Gasteiger partial charge on any atom is 0.0594 e. The first-order valence-electron chi connectivity index (χ1n) is 8.06. The molecule has 0 unspecified atom stereocenters. The van der Waals surface area contributed by atoms with Crippen LogP contribution in [0.2, 0.25) is 0 Å². The van der Waals surface area contributed by atoms with Crippen molar-refractivity contribution in [3.8, 4) is 0 Å². The second kappa shape index (κ2) is 7.80. The van der Waals surface area contributed by atoms with E-state index < -0.39 is 0 Å². The molecular weight excluding hydrogens is 246 g/mol. The van der Waals surface area contributed by atoms with Crippen LogP contribution in [0.25, 0.3) is 0 Å². The fraction of sp³-hybridized carbons (Fsp3) is 0.667. The molecule has 1 N–H and O–H groups in total. The van der Waals surface area contributed by atoms with Gasteiger partial charge in [-0.25, -0.2) is 0 Å². The number of hydrogen-bond donors (Lipinski definition) is 1. The molecule has 1 aliphatic rings. The summed E-state index contributed by atoms with van der Waals surface area (Å²) in [4.78, 5) is 0. The molecule has 0 amide bonds. The van der Waals surface area contributed by atoms with E-state index in [-0.39, 0.29) is 0 Å². The Morgan fingerprint density at radius 1 is 1.00 bits per heavy atom. The van der Waals surface area contributed by atoms with Crippen molar-refractivity contribution in [3.63, 3.8) is 0 Å². The van der Waals surface area contributed by atoms with E-state index in [2.05, 4.69) is 38.2 Å². The largest absolute Gasteiger partial charge is 0.377 e. The molecule has 0 heterocycles. The molecule has 2 heteroatoms. The molecule has 0 atom stereocenters. The van der Waals surface area contributed by atoms with Gasteiger partial charge in [-0.15, -0.1) is 0 Å². The summed E-state index contributed by atoms with van der Waals surface area (Å²) in [6.45, 7) is 9.29. The van der Waals surface area contributed by atoms with Gasteiger partial charge in [-0.1, -0.05) is 31.4 Å². The molecule has 2 rings (SSSR count). The molecule has 0 spiro atoms. The molecule has 1 aliphatic carbocycles. The fourth-order valence-electron chi connectivity index (χ4n) is 2.96. The average Bonchev–Trinajstić information content (AvgIpc) is 2.45. The zero-order chi connectivity index (χ0) is 14.4. The highest BCUT2D eigenvalue weighted by Gasteiger charge is 2.12. The Labute approximate surface area is 123 Å². The van der Waals surface area contributed by atoms with Crippen molar-refractivity contribution in [1.82, 2.24) is 5.32 Å². The van der Waals surface area contributed by atoms with Crippen LogP contribution in [0.3, 0.4) is 0 Å². The van der Waals surface area contributed by atoms with E-state index in [1.54, 1.807) is 0 Å². The summed E-state index contributed by atoms with van der Waals surface area (Å²) >= 11 is 0. The summed E-state index contributed by atoms with van der Waals surface area (Å²) in [5, 5.41) is 3.50. The van der Waals surface area contributed by atoms with Gasteiger partial charge in [0.25, 0.3) is 0 Å². The van der Waals surface area contributed by atoms with Crippen molar-refractivity contribution in [2.45, 2.75) is 65.5 Å². The van der Waals surface area contributed by atoms with Gasteiger partial charge in [0.2, 0.25) is 0 Å². The maximum absolute atomic E-state index is 5.93. The topological polar surface area (TPSA) is 21.3 Å². The molecule has 1 aromatic rings. The highest BCUT2D eigenvalue weighted by Crippen LogP contribution is 2.20. The van der Waals surface area contributed by atoms with E-state index in [0.717, 1.165) is 19.7 Å². The Hall–Kier alpha value is -0.860. The molecule has 20 heavy (non-hydrogen) atoms. The number of rotatable bonds is 6. The van der Waals surface area contributed by atoms with Crippen LogP contribution >= 0.6 is 0 Å². The van der Waals surface area contributed by atoms with Crippen LogP contribution in [-0.4, -0.2) is 19.3 Å². The predicted octanol–water partition coefficient (Wildman–Crippen LogP) is 4.05. The van der Waals surface area contributed by atoms with Gasteiger partial charge < -0.3 is 10.1 Å². The molecule has 2 nitrogen and oxygen atoms in total. The molecule has 0 aromatic heterocycles. The van der Waals surface area contributed by atoms with Crippen LogP contribution in [0.5, 0.6) is 0 Å². The van der Waals surface area contributed by atoms with E-state index >= 15 is 0 Å². The molecule has 1 saturated carbocycles. The summed E-state index contributed by atoms with van der Waals surface area (Å²) in [5.74, 6) is 0. The van der Waals surface area contributed by atoms with Crippen LogP contribution in [0.4, 0.5) is 0 Å². The van der Waals surface area contributed by atoms with Gasteiger partial charge in [0, 0.05) is 13.1 Å². The van der Waals surface area contributed by atoms with Crippen LogP contribution in [0.15, 0.2) is 12.1 Å². The predicted molar refractivity (Wildman–Crippen MR) is 85.2 cm³/mol. The lowest BCUT2D eigenvalue weighted by Gasteiger charge is -2.22. The molecule has 0 radical (unpaired) electrons. The van der Waals surface area contributed by atoms with E-state index in [4.69, 9.17) is 4.74 Å². The van der Waals surface area contributed by atoms with Crippen molar-refractivity contribution >= 4 is 0 Å². The number of hydrogen-bond acceptors (Lipinski definition) is 2. The quantitative estimate of drug-likeness (QED) is 0.791. The van der Waals surface area contributed by atoms with Crippen molar-refractivity contribution in [1.29, 1.82) is 0 Å². The second-order valence-corrected chi connectivity index (χ2v) is 6.17. The van der Waals surface area contributed by atoms with Gasteiger partial charge in [-0.2, -0.15) is 0 Å². The Morgan fingerprint density at radius 3 is 2.45 bits per heavy atom. The summed E-state index contributed by atoms with van der Waals surface area (Å²) in [6.07, 6.45) is 7.13. The molecule has 0 bridgehead atoms. The highest BCUT2D eigenvalue weighted by molar-refractivity contribution is 5.36. The van der Waals surface area contributed by atoms with Crippen LogP contribution in [0, 0.1) is 20.8 Å². The van der Waals surface area contributed by atoms with Crippen molar-refractivity contribution in [2.75, 3.05) is 13.2 Å². The average molecular weight is 275 g/mol. The number of aryl methyl sites for hydroxylation is 3. The molecular formula is C18H29NO. The van der Waals surface area contributed by atoms with Crippen molar-refractivity contribution in [3.05, 3.63) is 34.4 Å². The Balaban J connectivity index is 1.66. The summed E-state index contributed by atoms with van der Waals surface area (Å²) < 4.78 is 5.93. The lowest BCUT2D eigenvalue weighted by molar-refractivity contribution is 0.0302. The first-order chi connectivity index (χ1) is 9.66. The summed E-state index contributed by atoms with van der Waals surface area (Å²) in [7, 11) is 0. The number of ether oxygens (including phenoxy) is 1. The van der Waals surface area contributed by atoms with Crippen LogP contribution in [-0.2, 0) is 11.3 Å². The number of nitrogens with one attached hydrogen (secondary N) is 1. The number of benzene rings is 1. The third-order valence-corrected chi connectivity index (χ3v) is 4.45. The van der Waals surface area contributed by atoms with Crippen molar-refractivity contribution < 1.29 is 4.74 Å². The van der Waals surface area contributed by atoms with Crippen LogP contribution < -0.4 is 5.32 Å². The van der Waals surface area contributed by atoms with Gasteiger partial charge >= 0.3 is 0 Å². The minimum absolute atomic E-state index is 0.522. The second-order valence-electron chi connectivity index (χ2n) is 6.17. The van der Waals surface area contributed by atoms with Gasteiger partial charge in [0.15, 0.2) is 0 Å². The minimum atomic E-state index is 0.522. The SMILES string of the molecule is Cc1cc(C)c(CNCCOC2CCCCC2)cc1C. The normalized spacial score (nSPS) is 16.6. The lowest BCUT2D eigenvalue weighted by Crippen LogP contribution is -2.24. The maximum atomic E-state index is 5.93. The lowest BCUT2D eigenvalue weighted by atomic mass is 9.98. The van der Waals surface area contributed by atoms with E-state index in [1.165, 1.54) is 54.4 Å². The fourth-order valence-corrected chi connectivity index (χ4v) is 2.96. The molecule has 0 saturated heterocycles. The summed E-state index contributed by atoms with van der Waals surface area (Å²) in [5.41, 5.74) is 5.55. The summed E-state index contributed by atoms with van der Waals surface area (Å²) in [6, 6.07) is 4.59. The first kappa shape index (κ1) is 15.5. The van der Waals surface area contributed by atoms with E-state index in [9.17, 15) is 0 Å². The van der Waals surface area contributed by atoms with E-state index in [1.807, 2.05) is 0 Å². The first-order valence-corrected chi connectivity index (χ1v) is 8.06. The van der Waals surface area contributed by atoms with Crippen molar-refractivity contribution in [2.24, 2.45) is 0 Å².